The summed E-state index contributed by atoms with van der Waals surface area (Å²) >= 11 is 3.27. The molecule has 1 aromatic carbocycles. The van der Waals surface area contributed by atoms with Crippen LogP contribution in [0.2, 0.25) is 0 Å². The molecule has 0 atom stereocenters. The van der Waals surface area contributed by atoms with Crippen molar-refractivity contribution in [2.45, 2.75) is 6.54 Å². The third-order valence-corrected chi connectivity index (χ3v) is 2.65. The molecule has 0 unspecified atom stereocenters. The molecule has 19 heavy (non-hydrogen) atoms. The molecule has 2 aromatic rings. The van der Waals surface area contributed by atoms with Crippen molar-refractivity contribution in [3.8, 4) is 0 Å². The second-order valence-electron chi connectivity index (χ2n) is 3.52. The number of rotatable bonds is 3. The fourth-order valence-corrected chi connectivity index (χ4v) is 1.50. The van der Waals surface area contributed by atoms with Gasteiger partial charge in [-0.1, -0.05) is 15.9 Å². The molecule has 0 saturated heterocycles. The van der Waals surface area contributed by atoms with Crippen LogP contribution in [-0.2, 0) is 11.3 Å². The lowest BCUT2D eigenvalue weighted by atomic mass is 10.2. The van der Waals surface area contributed by atoms with Crippen molar-refractivity contribution in [1.82, 2.24) is 31.1 Å². The smallest absolute Gasteiger partial charge is 0.269 e. The van der Waals surface area contributed by atoms with Gasteiger partial charge in [0.25, 0.3) is 11.8 Å². The zero-order valence-corrected chi connectivity index (χ0v) is 11.2. The standard InChI is InChI=1S/C10H9BrN6O2/c11-8-3-1-7(2-4-8)10(19)14-13-9(18)5-17-6-12-15-16-17/h1-4,6H,5H2,(H,13,18)(H,14,19). The lowest BCUT2D eigenvalue weighted by Crippen LogP contribution is -2.43. The Morgan fingerprint density at radius 2 is 1.95 bits per heavy atom. The van der Waals surface area contributed by atoms with Gasteiger partial charge in [-0.25, -0.2) is 4.68 Å². The van der Waals surface area contributed by atoms with E-state index in [-0.39, 0.29) is 6.54 Å². The lowest BCUT2D eigenvalue weighted by Gasteiger charge is -2.06. The maximum absolute atomic E-state index is 11.7. The average molecular weight is 325 g/mol. The minimum Gasteiger partial charge on any atom is -0.271 e. The molecule has 0 fully saturated rings. The summed E-state index contributed by atoms with van der Waals surface area (Å²) in [4.78, 5) is 23.1. The first-order chi connectivity index (χ1) is 9.15. The number of hydrogen-bond donors (Lipinski definition) is 2. The number of hydrogen-bond acceptors (Lipinski definition) is 5. The lowest BCUT2D eigenvalue weighted by molar-refractivity contribution is -0.122. The van der Waals surface area contributed by atoms with Gasteiger partial charge >= 0.3 is 0 Å². The van der Waals surface area contributed by atoms with Crippen molar-refractivity contribution in [2.24, 2.45) is 0 Å². The number of nitrogens with zero attached hydrogens (tertiary/aromatic N) is 4. The highest BCUT2D eigenvalue weighted by Gasteiger charge is 2.08. The first kappa shape index (κ1) is 13.1. The van der Waals surface area contributed by atoms with Crippen LogP contribution >= 0.6 is 15.9 Å². The number of carbonyl (C=O) groups excluding carboxylic acids is 2. The third-order valence-electron chi connectivity index (χ3n) is 2.12. The molecule has 2 rings (SSSR count). The van der Waals surface area contributed by atoms with Crippen molar-refractivity contribution in [1.29, 1.82) is 0 Å². The average Bonchev–Trinajstić information content (AvgIpc) is 2.89. The van der Waals surface area contributed by atoms with E-state index in [9.17, 15) is 9.59 Å². The van der Waals surface area contributed by atoms with E-state index in [1.807, 2.05) is 0 Å². The van der Waals surface area contributed by atoms with Crippen molar-refractivity contribution < 1.29 is 9.59 Å². The van der Waals surface area contributed by atoms with Gasteiger partial charge in [0, 0.05) is 10.0 Å². The summed E-state index contributed by atoms with van der Waals surface area (Å²) in [7, 11) is 0. The van der Waals surface area contributed by atoms with E-state index < -0.39 is 11.8 Å². The molecule has 0 aliphatic rings. The van der Waals surface area contributed by atoms with Gasteiger partial charge in [0.05, 0.1) is 0 Å². The van der Waals surface area contributed by atoms with Crippen LogP contribution in [0, 0.1) is 0 Å². The van der Waals surface area contributed by atoms with E-state index in [0.717, 1.165) is 4.47 Å². The van der Waals surface area contributed by atoms with Gasteiger partial charge in [0.2, 0.25) is 0 Å². The van der Waals surface area contributed by atoms with Gasteiger partial charge in [-0.15, -0.1) is 5.10 Å². The van der Waals surface area contributed by atoms with E-state index in [0.29, 0.717) is 5.56 Å². The Labute approximate surface area is 116 Å². The topological polar surface area (TPSA) is 102 Å². The van der Waals surface area contributed by atoms with Crippen molar-refractivity contribution in [3.05, 3.63) is 40.6 Å². The Bertz CT molecular complexity index is 568. The van der Waals surface area contributed by atoms with Crippen molar-refractivity contribution in [3.63, 3.8) is 0 Å². The summed E-state index contributed by atoms with van der Waals surface area (Å²) < 4.78 is 2.10. The van der Waals surface area contributed by atoms with E-state index in [4.69, 9.17) is 0 Å². The van der Waals surface area contributed by atoms with Gasteiger partial charge in [-0.2, -0.15) is 0 Å². The van der Waals surface area contributed by atoms with Crippen LogP contribution in [0.25, 0.3) is 0 Å². The molecule has 0 saturated carbocycles. The maximum Gasteiger partial charge on any atom is 0.269 e. The molecular weight excluding hydrogens is 316 g/mol. The molecule has 0 aliphatic heterocycles. The molecule has 0 radical (unpaired) electrons. The van der Waals surface area contributed by atoms with Crippen LogP contribution in [0.1, 0.15) is 10.4 Å². The second kappa shape index (κ2) is 6.05. The number of hydrazine groups is 1. The zero-order chi connectivity index (χ0) is 13.7. The third kappa shape index (κ3) is 3.85. The van der Waals surface area contributed by atoms with Gasteiger partial charge < -0.3 is 0 Å². The molecule has 98 valence electrons. The molecule has 1 heterocycles. The summed E-state index contributed by atoms with van der Waals surface area (Å²) in [5.41, 5.74) is 5.00. The molecule has 2 N–H and O–H groups in total. The second-order valence-corrected chi connectivity index (χ2v) is 4.43. The molecule has 0 spiro atoms. The number of halogens is 1. The minimum atomic E-state index is -0.433. The monoisotopic (exact) mass is 324 g/mol. The molecule has 0 aliphatic carbocycles. The number of nitrogens with one attached hydrogen (secondary N) is 2. The van der Waals surface area contributed by atoms with Crippen LogP contribution in [0.5, 0.6) is 0 Å². The Hall–Kier alpha value is -2.29. The summed E-state index contributed by atoms with van der Waals surface area (Å²) in [6, 6.07) is 6.73. The van der Waals surface area contributed by atoms with Crippen LogP contribution < -0.4 is 10.9 Å². The number of amides is 2. The first-order valence-corrected chi connectivity index (χ1v) is 6.00. The van der Waals surface area contributed by atoms with E-state index in [1.54, 1.807) is 24.3 Å². The van der Waals surface area contributed by atoms with E-state index in [2.05, 4.69) is 42.3 Å². The Kier molecular flexibility index (Phi) is 4.18. The number of benzene rings is 1. The summed E-state index contributed by atoms with van der Waals surface area (Å²) in [5, 5.41) is 10.3. The Morgan fingerprint density at radius 1 is 1.21 bits per heavy atom. The van der Waals surface area contributed by atoms with Crippen LogP contribution in [0.3, 0.4) is 0 Å². The molecule has 1 aromatic heterocycles. The van der Waals surface area contributed by atoms with Crippen molar-refractivity contribution in [2.75, 3.05) is 0 Å². The molecular formula is C10H9BrN6O2. The van der Waals surface area contributed by atoms with E-state index in [1.165, 1.54) is 11.0 Å². The van der Waals surface area contributed by atoms with Crippen molar-refractivity contribution >= 4 is 27.7 Å². The number of carbonyl (C=O) groups is 2. The van der Waals surface area contributed by atoms with Gasteiger partial charge in [0.1, 0.15) is 12.9 Å². The largest absolute Gasteiger partial charge is 0.271 e. The van der Waals surface area contributed by atoms with Crippen LogP contribution in [0.4, 0.5) is 0 Å². The van der Waals surface area contributed by atoms with Gasteiger partial charge in [-0.05, 0) is 34.7 Å². The zero-order valence-electron chi connectivity index (χ0n) is 9.58. The molecule has 9 heteroatoms. The number of aromatic nitrogens is 4. The predicted octanol–water partition coefficient (Wildman–Crippen LogP) is -0.103. The Morgan fingerprint density at radius 3 is 2.58 bits per heavy atom. The highest BCUT2D eigenvalue weighted by Crippen LogP contribution is 2.09. The maximum atomic E-state index is 11.7. The SMILES string of the molecule is O=C(Cn1cnnn1)NNC(=O)c1ccc(Br)cc1. The quantitative estimate of drug-likeness (QED) is 0.767. The van der Waals surface area contributed by atoms with Crippen LogP contribution in [-0.4, -0.2) is 32.0 Å². The van der Waals surface area contributed by atoms with Gasteiger partial charge in [-0.3, -0.25) is 20.4 Å². The minimum absolute atomic E-state index is 0.0758. The molecule has 0 bridgehead atoms. The first-order valence-electron chi connectivity index (χ1n) is 5.20. The highest BCUT2D eigenvalue weighted by atomic mass is 79.9. The molecule has 8 nitrogen and oxygen atoms in total. The Balaban J connectivity index is 1.83. The van der Waals surface area contributed by atoms with Crippen LogP contribution in [0.15, 0.2) is 35.1 Å². The summed E-state index contributed by atoms with van der Waals surface area (Å²) in [6.45, 7) is -0.0758. The summed E-state index contributed by atoms with van der Waals surface area (Å²) in [6.07, 6.45) is 1.30. The highest BCUT2D eigenvalue weighted by molar-refractivity contribution is 9.10. The summed E-state index contributed by atoms with van der Waals surface area (Å²) in [5.74, 6) is -0.838. The van der Waals surface area contributed by atoms with E-state index >= 15 is 0 Å². The predicted molar refractivity (Wildman–Crippen MR) is 67.6 cm³/mol. The number of tetrazole rings is 1. The normalized spacial score (nSPS) is 9.95. The van der Waals surface area contributed by atoms with Gasteiger partial charge in [0.15, 0.2) is 0 Å². The molecule has 2 amide bonds. The fourth-order valence-electron chi connectivity index (χ4n) is 1.24. The fraction of sp³-hybridized carbons (Fsp3) is 0.100.